The molecule has 1 spiro atoms. The lowest BCUT2D eigenvalue weighted by Crippen LogP contribution is -2.76. The predicted octanol–water partition coefficient (Wildman–Crippen LogP) is 8.17. The van der Waals surface area contributed by atoms with Gasteiger partial charge in [-0.25, -0.2) is 14.5 Å². The fraction of sp³-hybridized carbons (Fsp3) is 0.388. The van der Waals surface area contributed by atoms with E-state index in [1.54, 1.807) is 37.5 Å². The van der Waals surface area contributed by atoms with Crippen LogP contribution in [0.5, 0.6) is 5.75 Å². The standard InChI is InChI=1S/C49H50ClN3O10/c1-58-43(55)20-14-31-13-17-40(49(59-2)48(62-63-49)32-22-29-21-30(24-32)25-33(48)23-29)44(50)45(31)60-26-28-11-15-34(16-12-28)52-46(56)41(18-19-42(51)54)53-47(57)61-27-39-37-9-5-3-7-35(37)36-8-4-6-10-38(36)39/h3-17,20,29-30,32-33,39,41H,18-19,21-27H2,1-2H3,(H2,51,54)(H,52,56)(H,53,57)/b20-14+/t29?,30?,32?,33?,41-,48?,49?/m0/s1. The van der Waals surface area contributed by atoms with Crippen molar-refractivity contribution in [3.8, 4) is 16.9 Å². The van der Waals surface area contributed by atoms with Crippen molar-refractivity contribution in [2.75, 3.05) is 26.1 Å². The molecule has 4 N–H and O–H groups in total. The molecule has 14 heteroatoms. The molecule has 10 rings (SSSR count). The number of esters is 1. The van der Waals surface area contributed by atoms with E-state index in [1.807, 2.05) is 60.7 Å². The molecule has 328 valence electrons. The van der Waals surface area contributed by atoms with Gasteiger partial charge in [-0.15, -0.1) is 0 Å². The minimum Gasteiger partial charge on any atom is -0.487 e. The van der Waals surface area contributed by atoms with Gasteiger partial charge >= 0.3 is 12.1 Å². The first-order chi connectivity index (χ1) is 30.5. The summed E-state index contributed by atoms with van der Waals surface area (Å²) in [4.78, 5) is 62.8. The quantitative estimate of drug-likeness (QED) is 0.0601. The van der Waals surface area contributed by atoms with Crippen molar-refractivity contribution in [2.45, 2.75) is 74.9 Å². The zero-order chi connectivity index (χ0) is 43.9. The van der Waals surface area contributed by atoms with Crippen LogP contribution in [0.15, 0.2) is 91.0 Å². The molecule has 1 saturated heterocycles. The molecule has 4 aromatic rings. The highest BCUT2D eigenvalue weighted by Crippen LogP contribution is 2.70. The number of primary amides is 1. The summed E-state index contributed by atoms with van der Waals surface area (Å²) in [7, 11) is 2.92. The second-order valence-electron chi connectivity index (χ2n) is 17.3. The van der Waals surface area contributed by atoms with E-state index in [0.29, 0.717) is 34.4 Å². The van der Waals surface area contributed by atoms with Gasteiger partial charge in [0.25, 0.3) is 5.79 Å². The number of anilines is 1. The van der Waals surface area contributed by atoms with Crippen LogP contribution in [0, 0.1) is 23.7 Å². The molecule has 13 nitrogen and oxygen atoms in total. The van der Waals surface area contributed by atoms with Gasteiger partial charge in [0.2, 0.25) is 11.8 Å². The topological polar surface area (TPSA) is 174 Å². The molecule has 2 atom stereocenters. The average molecular weight is 876 g/mol. The van der Waals surface area contributed by atoms with Crippen molar-refractivity contribution >= 4 is 47.2 Å². The Morgan fingerprint density at radius 1 is 0.857 bits per heavy atom. The number of hydrogen-bond acceptors (Lipinski definition) is 10. The van der Waals surface area contributed by atoms with Gasteiger partial charge in [-0.05, 0) is 108 Å². The summed E-state index contributed by atoms with van der Waals surface area (Å²) in [6, 6.07) is 25.5. The maximum Gasteiger partial charge on any atom is 0.407 e. The number of rotatable bonds is 15. The largest absolute Gasteiger partial charge is 0.487 e. The van der Waals surface area contributed by atoms with Crippen LogP contribution in [0.25, 0.3) is 17.2 Å². The van der Waals surface area contributed by atoms with Crippen LogP contribution in [0.1, 0.15) is 78.7 Å². The molecule has 4 saturated carbocycles. The third-order valence-corrected chi connectivity index (χ3v) is 14.1. The van der Waals surface area contributed by atoms with Gasteiger partial charge in [-0.3, -0.25) is 9.59 Å². The molecule has 5 aliphatic carbocycles. The lowest BCUT2D eigenvalue weighted by Gasteiger charge is -2.68. The highest BCUT2D eigenvalue weighted by atomic mass is 35.5. The molecule has 1 aliphatic heterocycles. The first-order valence-electron chi connectivity index (χ1n) is 21.5. The molecule has 1 heterocycles. The number of carbonyl (C=O) groups excluding carboxylic acids is 4. The Labute approximate surface area is 370 Å². The van der Waals surface area contributed by atoms with Gasteiger partial charge in [0.15, 0.2) is 5.60 Å². The maximum absolute atomic E-state index is 13.6. The Bertz CT molecular complexity index is 2380. The normalized spacial score (nSPS) is 25.5. The van der Waals surface area contributed by atoms with E-state index in [1.165, 1.54) is 19.6 Å². The second kappa shape index (κ2) is 17.4. The zero-order valence-electron chi connectivity index (χ0n) is 35.1. The molecule has 3 amide bonds. The van der Waals surface area contributed by atoms with Crippen molar-refractivity contribution in [3.05, 3.63) is 124 Å². The SMILES string of the molecule is COC(=O)/C=C/c1ccc(C2(OC)OOC23C2CC4CC(C2)CC3C4)c(Cl)c1OCc1ccc(NC(=O)[C@H](CCC(N)=O)NC(=O)OCC2c3ccccc3-c3ccccc32)cc1. The van der Waals surface area contributed by atoms with E-state index >= 15 is 0 Å². The first kappa shape index (κ1) is 42.6. The second-order valence-corrected chi connectivity index (χ2v) is 17.7. The summed E-state index contributed by atoms with van der Waals surface area (Å²) in [6.45, 7) is 0.127. The van der Waals surface area contributed by atoms with E-state index < -0.39 is 41.3 Å². The van der Waals surface area contributed by atoms with Crippen LogP contribution >= 0.6 is 11.6 Å². The van der Waals surface area contributed by atoms with Crippen molar-refractivity contribution in [1.29, 1.82) is 0 Å². The van der Waals surface area contributed by atoms with Crippen molar-refractivity contribution in [3.63, 3.8) is 0 Å². The van der Waals surface area contributed by atoms with E-state index in [-0.39, 0.29) is 48.8 Å². The molecule has 0 radical (unpaired) electrons. The molecule has 1 unspecified atom stereocenters. The Balaban J connectivity index is 0.880. The third kappa shape index (κ3) is 7.75. The summed E-state index contributed by atoms with van der Waals surface area (Å²) in [5.41, 5.74) is 11.3. The van der Waals surface area contributed by atoms with Crippen LogP contribution in [0.4, 0.5) is 10.5 Å². The number of amides is 3. The molecular weight excluding hydrogens is 826 g/mol. The van der Waals surface area contributed by atoms with Crippen molar-refractivity contribution in [1.82, 2.24) is 5.32 Å². The summed E-state index contributed by atoms with van der Waals surface area (Å²) in [5.74, 6) is -0.897. The molecule has 6 aliphatic rings. The summed E-state index contributed by atoms with van der Waals surface area (Å²) >= 11 is 7.28. The van der Waals surface area contributed by atoms with Crippen LogP contribution in [-0.4, -0.2) is 56.3 Å². The monoisotopic (exact) mass is 875 g/mol. The van der Waals surface area contributed by atoms with Gasteiger partial charge in [0, 0.05) is 42.3 Å². The highest BCUT2D eigenvalue weighted by molar-refractivity contribution is 6.33. The Kier molecular flexibility index (Phi) is 11.8. The fourth-order valence-corrected chi connectivity index (χ4v) is 11.4. The molecule has 4 bridgehead atoms. The number of halogens is 1. The number of nitrogens with two attached hydrogens (primary N) is 1. The number of methoxy groups -OCH3 is 2. The van der Waals surface area contributed by atoms with Gasteiger partial charge in [0.1, 0.15) is 25.0 Å². The number of nitrogens with one attached hydrogen (secondary N) is 2. The van der Waals surface area contributed by atoms with Crippen LogP contribution < -0.4 is 21.1 Å². The molecule has 4 aromatic carbocycles. The highest BCUT2D eigenvalue weighted by Gasteiger charge is 2.77. The lowest BCUT2D eigenvalue weighted by atomic mass is 9.47. The van der Waals surface area contributed by atoms with Crippen molar-refractivity contribution < 1.29 is 47.9 Å². The Morgan fingerprint density at radius 2 is 1.51 bits per heavy atom. The van der Waals surface area contributed by atoms with Gasteiger partial charge < -0.3 is 35.3 Å². The lowest BCUT2D eigenvalue weighted by molar-refractivity contribution is -0.645. The minimum absolute atomic E-state index is 0.0329. The van der Waals surface area contributed by atoms with Crippen LogP contribution in [-0.2, 0) is 50.8 Å². The van der Waals surface area contributed by atoms with E-state index in [9.17, 15) is 19.2 Å². The number of ether oxygens (including phenoxy) is 4. The maximum atomic E-state index is 13.6. The molecule has 63 heavy (non-hydrogen) atoms. The fourth-order valence-electron chi connectivity index (χ4n) is 11.1. The van der Waals surface area contributed by atoms with Crippen LogP contribution in [0.3, 0.4) is 0 Å². The van der Waals surface area contributed by atoms with Gasteiger partial charge in [-0.1, -0.05) is 84.4 Å². The van der Waals surface area contributed by atoms with E-state index in [2.05, 4.69) is 10.6 Å². The van der Waals surface area contributed by atoms with Gasteiger partial charge in [0.05, 0.1) is 12.1 Å². The molecule has 5 fully saturated rings. The Hall–Kier alpha value is -5.73. The van der Waals surface area contributed by atoms with Crippen LogP contribution in [0.2, 0.25) is 5.02 Å². The summed E-state index contributed by atoms with van der Waals surface area (Å²) < 4.78 is 23.3. The zero-order valence-corrected chi connectivity index (χ0v) is 35.9. The van der Waals surface area contributed by atoms with Gasteiger partial charge in [-0.2, -0.15) is 4.89 Å². The predicted molar refractivity (Wildman–Crippen MR) is 233 cm³/mol. The first-order valence-corrected chi connectivity index (χ1v) is 21.8. The van der Waals surface area contributed by atoms with E-state index in [4.69, 9.17) is 46.1 Å². The number of fused-ring (bicyclic) bond motifs is 3. The molecule has 0 aromatic heterocycles. The summed E-state index contributed by atoms with van der Waals surface area (Å²) in [5, 5.41) is 5.73. The number of carbonyl (C=O) groups is 4. The minimum atomic E-state index is -1.25. The van der Waals surface area contributed by atoms with E-state index in [0.717, 1.165) is 53.5 Å². The number of alkyl carbamates (subject to hydrolysis) is 1. The molecular formula is C49H50ClN3O10. The number of benzene rings is 4. The summed E-state index contributed by atoms with van der Waals surface area (Å²) in [6.07, 6.45) is 7.42. The number of hydrogen-bond donors (Lipinski definition) is 3. The average Bonchev–Trinajstić information content (AvgIpc) is 3.60. The van der Waals surface area contributed by atoms with Crippen molar-refractivity contribution in [2.24, 2.45) is 29.4 Å². The Morgan fingerprint density at radius 3 is 2.10 bits per heavy atom. The smallest absolute Gasteiger partial charge is 0.407 e. The third-order valence-electron chi connectivity index (χ3n) is 13.8.